The van der Waals surface area contributed by atoms with E-state index in [1.807, 2.05) is 0 Å². The maximum Gasteiger partial charge on any atom is 0.306 e. The Labute approximate surface area is 115 Å². The normalized spacial score (nSPS) is 23.5. The average molecular weight is 261 g/mol. The van der Waals surface area contributed by atoms with E-state index in [4.69, 9.17) is 5.11 Å². The smallest absolute Gasteiger partial charge is 0.306 e. The molecule has 3 nitrogen and oxygen atoms in total. The topological polar surface area (TPSA) is 40.5 Å². The molecule has 0 amide bonds. The quantitative estimate of drug-likeness (QED) is 0.905. The van der Waals surface area contributed by atoms with Crippen molar-refractivity contribution in [2.45, 2.75) is 45.2 Å². The van der Waals surface area contributed by atoms with Gasteiger partial charge in [-0.2, -0.15) is 0 Å². The van der Waals surface area contributed by atoms with Gasteiger partial charge in [-0.3, -0.25) is 9.69 Å². The van der Waals surface area contributed by atoms with Crippen LogP contribution in [0.1, 0.15) is 36.8 Å². The van der Waals surface area contributed by atoms with E-state index < -0.39 is 5.97 Å². The fourth-order valence-electron chi connectivity index (χ4n) is 2.87. The van der Waals surface area contributed by atoms with Crippen LogP contribution in [0, 0.1) is 12.8 Å². The predicted molar refractivity (Wildman–Crippen MR) is 76.0 cm³/mol. The van der Waals surface area contributed by atoms with Crippen LogP contribution in [0.5, 0.6) is 0 Å². The molecule has 1 aromatic rings. The summed E-state index contributed by atoms with van der Waals surface area (Å²) in [6.07, 6.45) is 3.63. The van der Waals surface area contributed by atoms with Crippen LogP contribution < -0.4 is 0 Å². The number of aliphatic carboxylic acids is 1. The Morgan fingerprint density at radius 3 is 2.32 bits per heavy atom. The number of carboxylic acid groups (broad SMARTS) is 1. The number of carbonyl (C=O) groups is 1. The number of rotatable bonds is 4. The van der Waals surface area contributed by atoms with Gasteiger partial charge < -0.3 is 5.11 Å². The molecule has 0 atom stereocenters. The summed E-state index contributed by atoms with van der Waals surface area (Å²) < 4.78 is 0. The molecule has 1 saturated carbocycles. The molecule has 0 radical (unpaired) electrons. The number of hydrogen-bond donors (Lipinski definition) is 1. The summed E-state index contributed by atoms with van der Waals surface area (Å²) in [4.78, 5) is 13.3. The molecule has 0 aromatic heterocycles. The lowest BCUT2D eigenvalue weighted by Crippen LogP contribution is -2.36. The molecule has 0 bridgehead atoms. The van der Waals surface area contributed by atoms with Crippen molar-refractivity contribution in [3.05, 3.63) is 35.4 Å². The average Bonchev–Trinajstić information content (AvgIpc) is 2.41. The monoisotopic (exact) mass is 261 g/mol. The zero-order valence-electron chi connectivity index (χ0n) is 11.8. The molecular weight excluding hydrogens is 238 g/mol. The van der Waals surface area contributed by atoms with Gasteiger partial charge in [-0.15, -0.1) is 0 Å². The Morgan fingerprint density at radius 2 is 1.79 bits per heavy atom. The standard InChI is InChI=1S/C16H23NO2/c1-12-3-5-13(6-4-12)11-17(2)15-9-7-14(8-10-15)16(18)19/h3-6,14-15H,7-11H2,1-2H3,(H,18,19). The highest BCUT2D eigenvalue weighted by Crippen LogP contribution is 2.27. The molecule has 1 aromatic carbocycles. The molecule has 1 aliphatic carbocycles. The molecule has 1 N–H and O–H groups in total. The third kappa shape index (κ3) is 3.80. The molecule has 0 unspecified atom stereocenters. The third-order valence-corrected chi connectivity index (χ3v) is 4.22. The Balaban J connectivity index is 1.86. The van der Waals surface area contributed by atoms with E-state index in [0.717, 1.165) is 32.2 Å². The lowest BCUT2D eigenvalue weighted by molar-refractivity contribution is -0.143. The fourth-order valence-corrected chi connectivity index (χ4v) is 2.87. The van der Waals surface area contributed by atoms with Crippen LogP contribution in [0.15, 0.2) is 24.3 Å². The number of benzene rings is 1. The lowest BCUT2D eigenvalue weighted by atomic mass is 9.85. The van der Waals surface area contributed by atoms with Crippen LogP contribution in [0.25, 0.3) is 0 Å². The van der Waals surface area contributed by atoms with Gasteiger partial charge in [-0.1, -0.05) is 29.8 Å². The summed E-state index contributed by atoms with van der Waals surface area (Å²) in [5, 5.41) is 9.01. The van der Waals surface area contributed by atoms with Gasteiger partial charge >= 0.3 is 5.97 Å². The Kier molecular flexibility index (Phi) is 4.59. The van der Waals surface area contributed by atoms with E-state index in [2.05, 4.69) is 43.1 Å². The third-order valence-electron chi connectivity index (χ3n) is 4.22. The largest absolute Gasteiger partial charge is 0.481 e. The maximum absolute atomic E-state index is 10.9. The number of hydrogen-bond acceptors (Lipinski definition) is 2. The van der Waals surface area contributed by atoms with Gasteiger partial charge in [0.15, 0.2) is 0 Å². The van der Waals surface area contributed by atoms with Crippen molar-refractivity contribution in [1.82, 2.24) is 4.90 Å². The Morgan fingerprint density at radius 1 is 1.21 bits per heavy atom. The van der Waals surface area contributed by atoms with Gasteiger partial charge in [0.05, 0.1) is 5.92 Å². The second-order valence-electron chi connectivity index (χ2n) is 5.74. The fraction of sp³-hybridized carbons (Fsp3) is 0.562. The zero-order chi connectivity index (χ0) is 13.8. The highest BCUT2D eigenvalue weighted by molar-refractivity contribution is 5.70. The SMILES string of the molecule is Cc1ccc(CN(C)C2CCC(C(=O)O)CC2)cc1. The van der Waals surface area contributed by atoms with Crippen molar-refractivity contribution in [3.63, 3.8) is 0 Å². The summed E-state index contributed by atoms with van der Waals surface area (Å²) in [5.41, 5.74) is 2.61. The Hall–Kier alpha value is -1.35. The predicted octanol–water partition coefficient (Wildman–Crippen LogP) is 3.07. The van der Waals surface area contributed by atoms with E-state index in [0.29, 0.717) is 6.04 Å². The Bertz CT molecular complexity index is 419. The van der Waals surface area contributed by atoms with E-state index in [1.54, 1.807) is 0 Å². The first kappa shape index (κ1) is 14.1. The van der Waals surface area contributed by atoms with E-state index >= 15 is 0 Å². The van der Waals surface area contributed by atoms with Gasteiger partial charge in [0, 0.05) is 12.6 Å². The molecule has 0 heterocycles. The van der Waals surface area contributed by atoms with Crippen LogP contribution >= 0.6 is 0 Å². The molecule has 0 spiro atoms. The van der Waals surface area contributed by atoms with Crippen LogP contribution in [-0.4, -0.2) is 29.1 Å². The van der Waals surface area contributed by atoms with Crippen LogP contribution in [-0.2, 0) is 11.3 Å². The summed E-state index contributed by atoms with van der Waals surface area (Å²) in [6.45, 7) is 3.04. The van der Waals surface area contributed by atoms with Crippen LogP contribution in [0.4, 0.5) is 0 Å². The molecule has 19 heavy (non-hydrogen) atoms. The van der Waals surface area contributed by atoms with Crippen molar-refractivity contribution in [2.24, 2.45) is 5.92 Å². The number of aryl methyl sites for hydroxylation is 1. The molecule has 0 saturated heterocycles. The number of carboxylic acids is 1. The minimum absolute atomic E-state index is 0.121. The van der Waals surface area contributed by atoms with Gasteiger partial charge in [-0.25, -0.2) is 0 Å². The zero-order valence-corrected chi connectivity index (χ0v) is 11.8. The molecule has 1 aliphatic rings. The molecule has 1 fully saturated rings. The summed E-state index contributed by atoms with van der Waals surface area (Å²) in [6, 6.07) is 9.16. The highest BCUT2D eigenvalue weighted by Gasteiger charge is 2.27. The molecular formula is C16H23NO2. The molecule has 104 valence electrons. The van der Waals surface area contributed by atoms with Crippen molar-refractivity contribution in [2.75, 3.05) is 7.05 Å². The van der Waals surface area contributed by atoms with Crippen LogP contribution in [0.3, 0.4) is 0 Å². The second kappa shape index (κ2) is 6.20. The van der Waals surface area contributed by atoms with Crippen molar-refractivity contribution in [3.8, 4) is 0 Å². The summed E-state index contributed by atoms with van der Waals surface area (Å²) in [5.74, 6) is -0.747. The van der Waals surface area contributed by atoms with Gasteiger partial charge in [0.2, 0.25) is 0 Å². The highest BCUT2D eigenvalue weighted by atomic mass is 16.4. The first-order chi connectivity index (χ1) is 9.06. The van der Waals surface area contributed by atoms with Crippen molar-refractivity contribution >= 4 is 5.97 Å². The molecule has 2 rings (SSSR count). The van der Waals surface area contributed by atoms with Crippen molar-refractivity contribution in [1.29, 1.82) is 0 Å². The minimum atomic E-state index is -0.625. The first-order valence-electron chi connectivity index (χ1n) is 7.05. The maximum atomic E-state index is 10.9. The van der Waals surface area contributed by atoms with Gasteiger partial charge in [0.25, 0.3) is 0 Å². The van der Waals surface area contributed by atoms with E-state index in [1.165, 1.54) is 11.1 Å². The lowest BCUT2D eigenvalue weighted by Gasteiger charge is -2.33. The summed E-state index contributed by atoms with van der Waals surface area (Å²) >= 11 is 0. The van der Waals surface area contributed by atoms with Gasteiger partial charge in [-0.05, 0) is 45.2 Å². The van der Waals surface area contributed by atoms with Gasteiger partial charge in [0.1, 0.15) is 0 Å². The molecule has 3 heteroatoms. The number of nitrogens with zero attached hydrogens (tertiary/aromatic N) is 1. The summed E-state index contributed by atoms with van der Waals surface area (Å²) in [7, 11) is 2.14. The minimum Gasteiger partial charge on any atom is -0.481 e. The second-order valence-corrected chi connectivity index (χ2v) is 5.74. The van der Waals surface area contributed by atoms with Crippen molar-refractivity contribution < 1.29 is 9.90 Å². The van der Waals surface area contributed by atoms with E-state index in [-0.39, 0.29) is 5.92 Å². The van der Waals surface area contributed by atoms with Crippen LogP contribution in [0.2, 0.25) is 0 Å². The van der Waals surface area contributed by atoms with E-state index in [9.17, 15) is 4.79 Å². The molecule has 0 aliphatic heterocycles. The first-order valence-corrected chi connectivity index (χ1v) is 7.05.